The fraction of sp³-hybridized carbons (Fsp3) is 0.290. The largest absolute Gasteiger partial charge is 0.376 e. The highest BCUT2D eigenvalue weighted by atomic mass is 32.1. The number of benzene rings is 1. The van der Waals surface area contributed by atoms with Crippen LogP contribution in [0.15, 0.2) is 60.3 Å². The van der Waals surface area contributed by atoms with Gasteiger partial charge in [-0.15, -0.1) is 11.3 Å². The molecule has 1 atom stereocenters. The number of aromatic nitrogens is 2. The van der Waals surface area contributed by atoms with Gasteiger partial charge in [0.05, 0.1) is 23.1 Å². The van der Waals surface area contributed by atoms with Gasteiger partial charge >= 0.3 is 0 Å². The molecule has 40 heavy (non-hydrogen) atoms. The average molecular weight is 552 g/mol. The predicted molar refractivity (Wildman–Crippen MR) is 155 cm³/mol. The van der Waals surface area contributed by atoms with Crippen molar-refractivity contribution in [2.24, 2.45) is 0 Å². The second-order valence-corrected chi connectivity index (χ2v) is 11.1. The predicted octanol–water partition coefficient (Wildman–Crippen LogP) is 5.40. The van der Waals surface area contributed by atoms with Crippen LogP contribution in [0.5, 0.6) is 0 Å². The van der Waals surface area contributed by atoms with E-state index in [1.165, 1.54) is 11.3 Å². The molecule has 0 saturated carbocycles. The summed E-state index contributed by atoms with van der Waals surface area (Å²) in [6.45, 7) is 1.16. The van der Waals surface area contributed by atoms with Crippen molar-refractivity contribution in [2.45, 2.75) is 44.6 Å². The van der Waals surface area contributed by atoms with Gasteiger partial charge in [0.15, 0.2) is 0 Å². The molecule has 1 aliphatic heterocycles. The van der Waals surface area contributed by atoms with Crippen molar-refractivity contribution >= 4 is 39.9 Å². The second kappa shape index (κ2) is 11.5. The molecule has 2 N–H and O–H groups in total. The number of rotatable bonds is 7. The fourth-order valence-corrected chi connectivity index (χ4v) is 6.69. The topological polar surface area (TPSA) is 109 Å². The number of nitrogens with one attached hydrogen (secondary N) is 2. The number of thiophene rings is 1. The van der Waals surface area contributed by atoms with Crippen molar-refractivity contribution in [3.63, 3.8) is 0 Å². The van der Waals surface area contributed by atoms with Crippen LogP contribution in [0.25, 0.3) is 23.0 Å². The average Bonchev–Trinajstić information content (AvgIpc) is 3.72. The van der Waals surface area contributed by atoms with E-state index in [9.17, 15) is 14.9 Å². The van der Waals surface area contributed by atoms with Crippen molar-refractivity contribution in [3.05, 3.63) is 82.0 Å². The quantitative estimate of drug-likeness (QED) is 0.236. The Hall–Kier alpha value is -4.26. The standard InChI is InChI=1S/C31H29N5O3S/c32-18-21(17-24-28(20-9-2-1-3-10-20)34-26-14-6-7-15-36(24)26)29(37)35-31-27(23-12-4-5-13-25(23)40-31)30(38)33-19-22-11-8-16-39-22/h1-3,6-7,9-10,14-15,17,22H,4-5,8,11-13,16,19H2,(H,33,38)(H,35,37). The Labute approximate surface area is 236 Å². The maximum atomic E-state index is 13.5. The number of carbonyl (C=O) groups excluding carboxylic acids is 2. The molecule has 3 aromatic heterocycles. The monoisotopic (exact) mass is 551 g/mol. The van der Waals surface area contributed by atoms with Crippen molar-refractivity contribution in [3.8, 4) is 17.3 Å². The molecule has 0 radical (unpaired) electrons. The SMILES string of the molecule is N#CC(=Cc1c(-c2ccccc2)nc2ccccn12)C(=O)Nc1sc2c(c1C(=O)NCC1CCCO1)CCCC2. The molecule has 8 nitrogen and oxygen atoms in total. The molecule has 9 heteroatoms. The smallest absolute Gasteiger partial charge is 0.267 e. The third-order valence-electron chi connectivity index (χ3n) is 7.40. The maximum Gasteiger partial charge on any atom is 0.267 e. The number of fused-ring (bicyclic) bond motifs is 2. The van der Waals surface area contributed by atoms with Gasteiger partial charge in [0.25, 0.3) is 11.8 Å². The molecule has 2 amide bonds. The zero-order valence-electron chi connectivity index (χ0n) is 22.0. The normalized spacial score (nSPS) is 16.9. The Balaban J connectivity index is 1.33. The Bertz CT molecular complexity index is 1640. The molecule has 1 aromatic carbocycles. The van der Waals surface area contributed by atoms with Gasteiger partial charge in [-0.25, -0.2) is 4.98 Å². The Kier molecular flexibility index (Phi) is 7.45. The number of nitriles is 1. The molecule has 1 aliphatic carbocycles. The van der Waals surface area contributed by atoms with Gasteiger partial charge in [0.2, 0.25) is 0 Å². The van der Waals surface area contributed by atoms with Crippen LogP contribution in [-0.2, 0) is 22.4 Å². The molecule has 0 spiro atoms. The third kappa shape index (κ3) is 5.16. The maximum absolute atomic E-state index is 13.5. The highest BCUT2D eigenvalue weighted by Crippen LogP contribution is 2.38. The summed E-state index contributed by atoms with van der Waals surface area (Å²) in [6, 6.07) is 17.4. The molecule has 0 bridgehead atoms. The van der Waals surface area contributed by atoms with E-state index in [1.54, 1.807) is 6.08 Å². The van der Waals surface area contributed by atoms with Gasteiger partial charge in [0.1, 0.15) is 22.3 Å². The molecule has 4 heterocycles. The van der Waals surface area contributed by atoms with Crippen LogP contribution >= 0.6 is 11.3 Å². The van der Waals surface area contributed by atoms with Crippen LogP contribution in [0.1, 0.15) is 52.2 Å². The molecular formula is C31H29N5O3S. The van der Waals surface area contributed by atoms with Crippen molar-refractivity contribution in [1.29, 1.82) is 5.26 Å². The van der Waals surface area contributed by atoms with Gasteiger partial charge in [-0.3, -0.25) is 14.0 Å². The van der Waals surface area contributed by atoms with E-state index in [0.29, 0.717) is 34.1 Å². The first-order valence-corrected chi connectivity index (χ1v) is 14.4. The molecule has 6 rings (SSSR count). The summed E-state index contributed by atoms with van der Waals surface area (Å²) in [5.74, 6) is -0.764. The number of carbonyl (C=O) groups is 2. The lowest BCUT2D eigenvalue weighted by Crippen LogP contribution is -2.32. The van der Waals surface area contributed by atoms with Gasteiger partial charge in [-0.05, 0) is 62.3 Å². The number of ether oxygens (including phenoxy) is 1. The minimum Gasteiger partial charge on any atom is -0.376 e. The third-order valence-corrected chi connectivity index (χ3v) is 8.61. The van der Waals surface area contributed by atoms with E-state index >= 15 is 0 Å². The number of hydrogen-bond donors (Lipinski definition) is 2. The minimum absolute atomic E-state index is 0.0221. The van der Waals surface area contributed by atoms with Gasteiger partial charge in [-0.2, -0.15) is 5.26 Å². The van der Waals surface area contributed by atoms with E-state index in [4.69, 9.17) is 9.72 Å². The first-order chi connectivity index (χ1) is 19.6. The highest BCUT2D eigenvalue weighted by Gasteiger charge is 2.28. The highest BCUT2D eigenvalue weighted by molar-refractivity contribution is 7.17. The number of imidazole rings is 1. The Morgan fingerprint density at radius 3 is 2.75 bits per heavy atom. The van der Waals surface area contributed by atoms with Crippen LogP contribution in [-0.4, -0.2) is 40.5 Å². The summed E-state index contributed by atoms with van der Waals surface area (Å²) in [5.41, 5.74) is 4.35. The van der Waals surface area contributed by atoms with Crippen LogP contribution in [0.2, 0.25) is 0 Å². The van der Waals surface area contributed by atoms with Crippen LogP contribution in [0, 0.1) is 11.3 Å². The molecular weight excluding hydrogens is 522 g/mol. The first kappa shape index (κ1) is 26.0. The Morgan fingerprint density at radius 2 is 1.95 bits per heavy atom. The summed E-state index contributed by atoms with van der Waals surface area (Å²) in [6.07, 6.45) is 9.11. The zero-order chi connectivity index (χ0) is 27.5. The first-order valence-electron chi connectivity index (χ1n) is 13.6. The lowest BCUT2D eigenvalue weighted by molar-refractivity contribution is -0.112. The summed E-state index contributed by atoms with van der Waals surface area (Å²) in [7, 11) is 0. The van der Waals surface area contributed by atoms with Crippen LogP contribution in [0.4, 0.5) is 5.00 Å². The number of hydrogen-bond acceptors (Lipinski definition) is 6. The van der Waals surface area contributed by atoms with E-state index in [-0.39, 0.29) is 17.6 Å². The summed E-state index contributed by atoms with van der Waals surface area (Å²) in [5, 5.41) is 16.5. The van der Waals surface area contributed by atoms with Crippen molar-refractivity contribution < 1.29 is 14.3 Å². The van der Waals surface area contributed by atoms with Gasteiger partial charge < -0.3 is 15.4 Å². The Morgan fingerprint density at radius 1 is 1.12 bits per heavy atom. The van der Waals surface area contributed by atoms with Crippen LogP contribution < -0.4 is 10.6 Å². The van der Waals surface area contributed by atoms with E-state index < -0.39 is 5.91 Å². The summed E-state index contributed by atoms with van der Waals surface area (Å²) < 4.78 is 7.53. The van der Waals surface area contributed by atoms with E-state index in [2.05, 4.69) is 16.7 Å². The lowest BCUT2D eigenvalue weighted by Gasteiger charge is -2.15. The molecule has 4 aromatic rings. The summed E-state index contributed by atoms with van der Waals surface area (Å²) in [4.78, 5) is 32.8. The number of aryl methyl sites for hydroxylation is 1. The second-order valence-electron chi connectivity index (χ2n) is 10.0. The summed E-state index contributed by atoms with van der Waals surface area (Å²) >= 11 is 1.44. The molecule has 202 valence electrons. The number of amides is 2. The fourth-order valence-electron chi connectivity index (χ4n) is 5.41. The molecule has 1 unspecified atom stereocenters. The van der Waals surface area contributed by atoms with E-state index in [0.717, 1.165) is 61.1 Å². The van der Waals surface area contributed by atoms with Gasteiger partial charge in [0, 0.05) is 29.8 Å². The molecule has 1 fully saturated rings. The number of pyridine rings is 1. The number of anilines is 1. The van der Waals surface area contributed by atoms with Gasteiger partial charge in [-0.1, -0.05) is 36.4 Å². The van der Waals surface area contributed by atoms with E-state index in [1.807, 2.05) is 59.1 Å². The lowest BCUT2D eigenvalue weighted by atomic mass is 9.95. The molecule has 1 saturated heterocycles. The van der Waals surface area contributed by atoms with Crippen LogP contribution in [0.3, 0.4) is 0 Å². The minimum atomic E-state index is -0.556. The van der Waals surface area contributed by atoms with Crippen molar-refractivity contribution in [2.75, 3.05) is 18.5 Å². The van der Waals surface area contributed by atoms with Crippen molar-refractivity contribution in [1.82, 2.24) is 14.7 Å². The zero-order valence-corrected chi connectivity index (χ0v) is 22.8. The molecule has 2 aliphatic rings. The number of nitrogens with zero attached hydrogens (tertiary/aromatic N) is 3.